The number of esters is 1. The zero-order valence-corrected chi connectivity index (χ0v) is 18.0. The van der Waals surface area contributed by atoms with E-state index in [1.807, 2.05) is 0 Å². The highest BCUT2D eigenvalue weighted by atomic mass is 16.5. The van der Waals surface area contributed by atoms with E-state index in [9.17, 15) is 14.4 Å². The summed E-state index contributed by atoms with van der Waals surface area (Å²) in [5.41, 5.74) is 0.514. The van der Waals surface area contributed by atoms with Crippen molar-refractivity contribution >= 4 is 28.7 Å². The summed E-state index contributed by atoms with van der Waals surface area (Å²) in [6, 6.07) is 12.5. The number of anilines is 1. The van der Waals surface area contributed by atoms with Gasteiger partial charge >= 0.3 is 17.7 Å². The molecule has 0 radical (unpaired) electrons. The van der Waals surface area contributed by atoms with E-state index < -0.39 is 17.7 Å². The summed E-state index contributed by atoms with van der Waals surface area (Å²) in [4.78, 5) is 44.5. The third kappa shape index (κ3) is 5.36. The molecular formula is C24H19N3O7. The average molecular weight is 461 g/mol. The van der Waals surface area contributed by atoms with Crippen LogP contribution in [0.1, 0.15) is 22.8 Å². The van der Waals surface area contributed by atoms with E-state index in [1.165, 1.54) is 30.6 Å². The van der Waals surface area contributed by atoms with Gasteiger partial charge in [0, 0.05) is 41.2 Å². The highest BCUT2D eigenvalue weighted by molar-refractivity contribution is 5.92. The van der Waals surface area contributed by atoms with Crippen molar-refractivity contribution in [2.45, 2.75) is 13.5 Å². The van der Waals surface area contributed by atoms with Crippen LogP contribution in [0.4, 0.5) is 10.5 Å². The van der Waals surface area contributed by atoms with Crippen LogP contribution in [0, 0.1) is 0 Å². The molecule has 10 nitrogen and oxygen atoms in total. The number of nitrogens with zero attached hydrogens (tertiary/aromatic N) is 2. The van der Waals surface area contributed by atoms with Crippen molar-refractivity contribution in [3.8, 4) is 11.6 Å². The summed E-state index contributed by atoms with van der Waals surface area (Å²) in [6.07, 6.45) is 3.94. The van der Waals surface area contributed by atoms with E-state index in [2.05, 4.69) is 15.3 Å². The average Bonchev–Trinajstić information content (AvgIpc) is 2.83. The minimum absolute atomic E-state index is 0.0626. The minimum Gasteiger partial charge on any atom is -0.457 e. The standard InChI is InChI=1S/C24H19N3O7/c1-2-31-24(30)27-16-7-8-18-15(11-21(28)34-20(18)12-16)14-32-23(29)19-6-4-10-26-22(19)33-17-5-3-9-25-13-17/h3-13H,2,14H2,1H3,(H,27,30). The van der Waals surface area contributed by atoms with Gasteiger partial charge in [0.1, 0.15) is 23.5 Å². The molecule has 0 saturated heterocycles. The second-order valence-corrected chi connectivity index (χ2v) is 6.87. The molecular weight excluding hydrogens is 442 g/mol. The third-order valence-corrected chi connectivity index (χ3v) is 4.55. The number of hydrogen-bond acceptors (Lipinski definition) is 9. The Hall–Kier alpha value is -4.73. The maximum atomic E-state index is 12.8. The number of ether oxygens (including phenoxy) is 3. The molecule has 0 aliphatic carbocycles. The lowest BCUT2D eigenvalue weighted by Gasteiger charge is -2.11. The fraction of sp³-hybridized carbons (Fsp3) is 0.125. The van der Waals surface area contributed by atoms with Gasteiger partial charge < -0.3 is 18.6 Å². The maximum absolute atomic E-state index is 12.8. The molecule has 0 aliphatic heterocycles. The first-order valence-electron chi connectivity index (χ1n) is 10.2. The Bertz CT molecular complexity index is 1390. The van der Waals surface area contributed by atoms with Gasteiger partial charge in [0.25, 0.3) is 0 Å². The second kappa shape index (κ2) is 10.3. The van der Waals surface area contributed by atoms with Gasteiger partial charge in [-0.3, -0.25) is 10.3 Å². The van der Waals surface area contributed by atoms with Crippen LogP contribution in [-0.2, 0) is 16.1 Å². The fourth-order valence-electron chi connectivity index (χ4n) is 3.08. The molecule has 172 valence electrons. The van der Waals surface area contributed by atoms with Crippen molar-refractivity contribution < 1.29 is 28.2 Å². The number of carbonyl (C=O) groups is 2. The highest BCUT2D eigenvalue weighted by Gasteiger charge is 2.17. The summed E-state index contributed by atoms with van der Waals surface area (Å²) < 4.78 is 21.2. The molecule has 1 N–H and O–H groups in total. The highest BCUT2D eigenvalue weighted by Crippen LogP contribution is 2.25. The molecule has 0 bridgehead atoms. The monoisotopic (exact) mass is 461 g/mol. The van der Waals surface area contributed by atoms with E-state index in [-0.39, 0.29) is 30.2 Å². The Morgan fingerprint density at radius 2 is 1.91 bits per heavy atom. The van der Waals surface area contributed by atoms with E-state index in [0.29, 0.717) is 22.4 Å². The van der Waals surface area contributed by atoms with Crippen LogP contribution < -0.4 is 15.7 Å². The van der Waals surface area contributed by atoms with Crippen molar-refractivity contribution in [1.82, 2.24) is 9.97 Å². The lowest BCUT2D eigenvalue weighted by Crippen LogP contribution is -2.13. The molecule has 3 heterocycles. The summed E-state index contributed by atoms with van der Waals surface area (Å²) >= 11 is 0. The topological polar surface area (TPSA) is 130 Å². The first-order chi connectivity index (χ1) is 16.5. The number of amides is 1. The Balaban J connectivity index is 1.53. The van der Waals surface area contributed by atoms with Crippen LogP contribution in [0.25, 0.3) is 11.0 Å². The molecule has 0 spiro atoms. The van der Waals surface area contributed by atoms with Crippen LogP contribution in [0.3, 0.4) is 0 Å². The molecule has 0 unspecified atom stereocenters. The van der Waals surface area contributed by atoms with Crippen LogP contribution in [0.15, 0.2) is 76.3 Å². The predicted molar refractivity (Wildman–Crippen MR) is 121 cm³/mol. The summed E-state index contributed by atoms with van der Waals surface area (Å²) in [5, 5.41) is 3.08. The number of carbonyl (C=O) groups excluding carboxylic acids is 2. The van der Waals surface area contributed by atoms with Gasteiger partial charge in [-0.25, -0.2) is 19.4 Å². The molecule has 1 amide bonds. The van der Waals surface area contributed by atoms with Gasteiger partial charge in [-0.05, 0) is 43.3 Å². The number of pyridine rings is 2. The van der Waals surface area contributed by atoms with Crippen molar-refractivity contribution in [3.63, 3.8) is 0 Å². The quantitative estimate of drug-likeness (QED) is 0.316. The van der Waals surface area contributed by atoms with Gasteiger partial charge in [-0.2, -0.15) is 0 Å². The zero-order chi connectivity index (χ0) is 23.9. The molecule has 0 atom stereocenters. The Morgan fingerprint density at radius 3 is 2.71 bits per heavy atom. The van der Waals surface area contributed by atoms with Gasteiger partial charge in [-0.1, -0.05) is 0 Å². The molecule has 0 aliphatic rings. The largest absolute Gasteiger partial charge is 0.457 e. The number of nitrogens with one attached hydrogen (secondary N) is 1. The van der Waals surface area contributed by atoms with Crippen molar-refractivity contribution in [3.05, 3.63) is 88.7 Å². The van der Waals surface area contributed by atoms with E-state index in [4.69, 9.17) is 18.6 Å². The van der Waals surface area contributed by atoms with Crippen LogP contribution in [0.2, 0.25) is 0 Å². The number of benzene rings is 1. The summed E-state index contributed by atoms with van der Waals surface area (Å²) in [7, 11) is 0. The molecule has 4 rings (SSSR count). The zero-order valence-electron chi connectivity index (χ0n) is 18.0. The van der Waals surface area contributed by atoms with E-state index >= 15 is 0 Å². The Kier molecular flexibility index (Phi) is 6.78. The maximum Gasteiger partial charge on any atom is 0.411 e. The first-order valence-corrected chi connectivity index (χ1v) is 10.2. The lowest BCUT2D eigenvalue weighted by atomic mass is 10.1. The summed E-state index contributed by atoms with van der Waals surface area (Å²) in [5.74, 6) is -0.212. The molecule has 0 saturated carbocycles. The van der Waals surface area contributed by atoms with E-state index in [1.54, 1.807) is 43.5 Å². The summed E-state index contributed by atoms with van der Waals surface area (Å²) in [6.45, 7) is 1.70. The molecule has 4 aromatic rings. The molecule has 3 aromatic heterocycles. The minimum atomic E-state index is -0.686. The lowest BCUT2D eigenvalue weighted by molar-refractivity contribution is 0.0470. The van der Waals surface area contributed by atoms with Crippen LogP contribution in [-0.4, -0.2) is 28.6 Å². The first kappa shape index (κ1) is 22.5. The predicted octanol–water partition coefficient (Wildman–Crippen LogP) is 4.30. The van der Waals surface area contributed by atoms with Crippen molar-refractivity contribution in [2.75, 3.05) is 11.9 Å². The molecule has 10 heteroatoms. The molecule has 34 heavy (non-hydrogen) atoms. The van der Waals surface area contributed by atoms with Crippen molar-refractivity contribution in [1.29, 1.82) is 0 Å². The normalized spacial score (nSPS) is 10.5. The number of rotatable bonds is 7. The van der Waals surface area contributed by atoms with Crippen LogP contribution in [0.5, 0.6) is 11.6 Å². The second-order valence-electron chi connectivity index (χ2n) is 6.87. The Morgan fingerprint density at radius 1 is 1.06 bits per heavy atom. The smallest absolute Gasteiger partial charge is 0.411 e. The SMILES string of the molecule is CCOC(=O)Nc1ccc2c(COC(=O)c3cccnc3Oc3cccnc3)cc(=O)oc2c1. The molecule has 1 aromatic carbocycles. The number of aromatic nitrogens is 2. The van der Waals surface area contributed by atoms with Crippen molar-refractivity contribution in [2.24, 2.45) is 0 Å². The fourth-order valence-corrected chi connectivity index (χ4v) is 3.08. The van der Waals surface area contributed by atoms with Gasteiger partial charge in [0.15, 0.2) is 0 Å². The van der Waals surface area contributed by atoms with Crippen LogP contribution >= 0.6 is 0 Å². The Labute approximate surface area is 193 Å². The number of fused-ring (bicyclic) bond motifs is 1. The van der Waals surface area contributed by atoms with E-state index in [0.717, 1.165) is 0 Å². The van der Waals surface area contributed by atoms with Gasteiger partial charge in [0.05, 0.1) is 12.8 Å². The number of hydrogen-bond donors (Lipinski definition) is 1. The van der Waals surface area contributed by atoms with Gasteiger partial charge in [0.2, 0.25) is 5.88 Å². The third-order valence-electron chi connectivity index (χ3n) is 4.55. The molecule has 0 fully saturated rings. The van der Waals surface area contributed by atoms with Gasteiger partial charge in [-0.15, -0.1) is 0 Å².